The Labute approximate surface area is 184 Å². The molecular weight excluding hydrogens is 374 g/mol. The molecule has 4 aromatic rings. The summed E-state index contributed by atoms with van der Waals surface area (Å²) >= 11 is 0. The highest BCUT2D eigenvalue weighted by Gasteiger charge is 2.15. The van der Waals surface area contributed by atoms with Crippen molar-refractivity contribution < 1.29 is 0 Å². The van der Waals surface area contributed by atoms with Crippen molar-refractivity contribution in [3.63, 3.8) is 0 Å². The molecule has 1 atom stereocenters. The zero-order valence-corrected chi connectivity index (χ0v) is 17.4. The predicted molar refractivity (Wildman–Crippen MR) is 133 cm³/mol. The van der Waals surface area contributed by atoms with Crippen LogP contribution in [0.5, 0.6) is 0 Å². The molecule has 5 rings (SSSR count). The Bertz CT molecular complexity index is 1200. The van der Waals surface area contributed by atoms with Gasteiger partial charge in [-0.15, -0.1) is 0 Å². The summed E-state index contributed by atoms with van der Waals surface area (Å²) in [5.41, 5.74) is 8.56. The first-order valence-electron chi connectivity index (χ1n) is 10.8. The average molecular weight is 400 g/mol. The maximum Gasteiger partial charge on any atom is 0.0423 e. The van der Waals surface area contributed by atoms with Gasteiger partial charge in [-0.1, -0.05) is 103 Å². The van der Waals surface area contributed by atoms with Crippen LogP contribution in [-0.4, -0.2) is 0 Å². The third-order valence-corrected chi connectivity index (χ3v) is 5.81. The molecule has 0 bridgehead atoms. The molecular formula is C30H25N. The first-order chi connectivity index (χ1) is 15.4. The van der Waals surface area contributed by atoms with Gasteiger partial charge in [0, 0.05) is 17.3 Å². The lowest BCUT2D eigenvalue weighted by atomic mass is 9.89. The van der Waals surface area contributed by atoms with E-state index in [0.29, 0.717) is 5.92 Å². The minimum atomic E-state index is 0.375. The molecule has 1 nitrogen and oxygen atoms in total. The standard InChI is InChI=1S/C30H25N/c1-4-10-23(11-5-1)25-16-19-28(20-17-25)31-30-21-18-27(24-12-6-2-7-13-24)22-29(30)26-14-8-3-9-15-26/h1-14,16-22,26,31H,15H2. The Morgan fingerprint density at radius 1 is 0.581 bits per heavy atom. The van der Waals surface area contributed by atoms with Gasteiger partial charge in [-0.3, -0.25) is 0 Å². The lowest BCUT2D eigenvalue weighted by Crippen LogP contribution is -2.02. The van der Waals surface area contributed by atoms with Crippen LogP contribution < -0.4 is 5.32 Å². The molecule has 0 saturated heterocycles. The summed E-state index contributed by atoms with van der Waals surface area (Å²) in [6.07, 6.45) is 9.86. The van der Waals surface area contributed by atoms with Crippen molar-refractivity contribution in [3.05, 3.63) is 133 Å². The van der Waals surface area contributed by atoms with Crippen LogP contribution >= 0.6 is 0 Å². The monoisotopic (exact) mass is 399 g/mol. The van der Waals surface area contributed by atoms with Gasteiger partial charge in [0.05, 0.1) is 0 Å². The zero-order chi connectivity index (χ0) is 20.9. The van der Waals surface area contributed by atoms with Crippen molar-refractivity contribution in [2.75, 3.05) is 5.32 Å². The number of anilines is 2. The topological polar surface area (TPSA) is 12.0 Å². The molecule has 0 heterocycles. The normalized spacial score (nSPS) is 15.0. The summed E-state index contributed by atoms with van der Waals surface area (Å²) < 4.78 is 0. The second-order valence-electron chi connectivity index (χ2n) is 7.89. The molecule has 1 unspecified atom stereocenters. The van der Waals surface area contributed by atoms with E-state index < -0.39 is 0 Å². The lowest BCUT2D eigenvalue weighted by molar-refractivity contribution is 0.856. The Kier molecular flexibility index (Phi) is 5.49. The number of benzene rings is 4. The van der Waals surface area contributed by atoms with Gasteiger partial charge in [0.1, 0.15) is 0 Å². The minimum absolute atomic E-state index is 0.375. The van der Waals surface area contributed by atoms with Crippen LogP contribution in [0.1, 0.15) is 17.9 Å². The molecule has 0 spiro atoms. The van der Waals surface area contributed by atoms with E-state index in [4.69, 9.17) is 0 Å². The van der Waals surface area contributed by atoms with Crippen molar-refractivity contribution in [2.45, 2.75) is 12.3 Å². The van der Waals surface area contributed by atoms with Crippen LogP contribution in [0.4, 0.5) is 11.4 Å². The first kappa shape index (κ1) is 19.1. The van der Waals surface area contributed by atoms with Crippen LogP contribution in [0.2, 0.25) is 0 Å². The van der Waals surface area contributed by atoms with E-state index in [1.807, 2.05) is 0 Å². The molecule has 0 aromatic heterocycles. The van der Waals surface area contributed by atoms with E-state index in [0.717, 1.165) is 17.8 Å². The van der Waals surface area contributed by atoms with Crippen molar-refractivity contribution in [1.29, 1.82) is 0 Å². The Morgan fingerprint density at radius 2 is 1.19 bits per heavy atom. The maximum atomic E-state index is 3.67. The number of hydrogen-bond acceptors (Lipinski definition) is 1. The molecule has 0 amide bonds. The fourth-order valence-corrected chi connectivity index (χ4v) is 4.14. The molecule has 4 aromatic carbocycles. The van der Waals surface area contributed by atoms with E-state index in [9.17, 15) is 0 Å². The van der Waals surface area contributed by atoms with Gasteiger partial charge in [-0.25, -0.2) is 0 Å². The van der Waals surface area contributed by atoms with Crippen LogP contribution in [0, 0.1) is 0 Å². The summed E-state index contributed by atoms with van der Waals surface area (Å²) in [4.78, 5) is 0. The SMILES string of the molecule is C1=CCC(c2cc(-c3ccccc3)ccc2Nc2ccc(-c3ccccc3)cc2)C=C1. The largest absolute Gasteiger partial charge is 0.355 e. The smallest absolute Gasteiger partial charge is 0.0423 e. The van der Waals surface area contributed by atoms with Gasteiger partial charge in [0.2, 0.25) is 0 Å². The van der Waals surface area contributed by atoms with E-state index in [1.54, 1.807) is 0 Å². The molecule has 0 aliphatic heterocycles. The molecule has 0 saturated carbocycles. The summed E-state index contributed by atoms with van der Waals surface area (Å²) in [6.45, 7) is 0. The van der Waals surface area contributed by atoms with E-state index in [-0.39, 0.29) is 0 Å². The molecule has 1 N–H and O–H groups in total. The van der Waals surface area contributed by atoms with Crippen LogP contribution in [-0.2, 0) is 0 Å². The Balaban J connectivity index is 1.46. The third kappa shape index (κ3) is 4.36. The number of allylic oxidation sites excluding steroid dienone is 4. The highest BCUT2D eigenvalue weighted by atomic mass is 14.9. The first-order valence-corrected chi connectivity index (χ1v) is 10.8. The van der Waals surface area contributed by atoms with Crippen LogP contribution in [0.3, 0.4) is 0 Å². The Morgan fingerprint density at radius 3 is 1.84 bits per heavy atom. The van der Waals surface area contributed by atoms with Crippen molar-refractivity contribution >= 4 is 11.4 Å². The molecule has 1 aliphatic rings. The van der Waals surface area contributed by atoms with E-state index in [2.05, 4.69) is 133 Å². The van der Waals surface area contributed by atoms with Gasteiger partial charge in [0.25, 0.3) is 0 Å². The number of hydrogen-bond donors (Lipinski definition) is 1. The van der Waals surface area contributed by atoms with Crippen molar-refractivity contribution in [1.82, 2.24) is 0 Å². The van der Waals surface area contributed by atoms with Crippen LogP contribution in [0.25, 0.3) is 22.3 Å². The van der Waals surface area contributed by atoms with Gasteiger partial charge >= 0.3 is 0 Å². The highest BCUT2D eigenvalue weighted by molar-refractivity contribution is 5.74. The fourth-order valence-electron chi connectivity index (χ4n) is 4.14. The second-order valence-corrected chi connectivity index (χ2v) is 7.89. The summed E-state index contributed by atoms with van der Waals surface area (Å²) in [6, 6.07) is 36.5. The summed E-state index contributed by atoms with van der Waals surface area (Å²) in [5, 5.41) is 3.67. The summed E-state index contributed by atoms with van der Waals surface area (Å²) in [5.74, 6) is 0.375. The van der Waals surface area contributed by atoms with E-state index >= 15 is 0 Å². The lowest BCUT2D eigenvalue weighted by Gasteiger charge is -2.20. The van der Waals surface area contributed by atoms with Gasteiger partial charge in [-0.05, 0) is 58.5 Å². The minimum Gasteiger partial charge on any atom is -0.355 e. The second kappa shape index (κ2) is 8.89. The van der Waals surface area contributed by atoms with Gasteiger partial charge < -0.3 is 5.32 Å². The molecule has 150 valence electrons. The molecule has 0 fully saturated rings. The van der Waals surface area contributed by atoms with Crippen molar-refractivity contribution in [3.8, 4) is 22.3 Å². The molecule has 31 heavy (non-hydrogen) atoms. The van der Waals surface area contributed by atoms with Crippen molar-refractivity contribution in [2.24, 2.45) is 0 Å². The zero-order valence-electron chi connectivity index (χ0n) is 17.4. The third-order valence-electron chi connectivity index (χ3n) is 5.81. The average Bonchev–Trinajstić information content (AvgIpc) is 2.86. The maximum absolute atomic E-state index is 3.67. The van der Waals surface area contributed by atoms with Gasteiger partial charge in [0.15, 0.2) is 0 Å². The highest BCUT2D eigenvalue weighted by Crippen LogP contribution is 2.36. The molecule has 0 radical (unpaired) electrons. The molecule has 1 heteroatoms. The van der Waals surface area contributed by atoms with E-state index in [1.165, 1.54) is 27.8 Å². The quantitative estimate of drug-likeness (QED) is 0.355. The van der Waals surface area contributed by atoms with Gasteiger partial charge in [-0.2, -0.15) is 0 Å². The molecule has 1 aliphatic carbocycles. The Hall–Kier alpha value is -3.84. The number of rotatable bonds is 5. The van der Waals surface area contributed by atoms with Crippen LogP contribution in [0.15, 0.2) is 127 Å². The summed E-state index contributed by atoms with van der Waals surface area (Å²) in [7, 11) is 0. The number of nitrogens with one attached hydrogen (secondary N) is 1. The predicted octanol–water partition coefficient (Wildman–Crippen LogP) is 8.36. The fraction of sp³-hybridized carbons (Fsp3) is 0.0667.